The maximum Gasteiger partial charge on any atom is 0.0960 e. The first-order valence-corrected chi connectivity index (χ1v) is 5.56. The first kappa shape index (κ1) is 11.5. The van der Waals surface area contributed by atoms with Crippen molar-refractivity contribution < 1.29 is 9.52 Å². The Labute approximate surface area is 103 Å². The van der Waals surface area contributed by atoms with E-state index < -0.39 is 6.10 Å². The summed E-state index contributed by atoms with van der Waals surface area (Å²) in [5.41, 5.74) is 1.55. The monoisotopic (exact) mass is 256 g/mol. The quantitative estimate of drug-likeness (QED) is 0.905. The summed E-state index contributed by atoms with van der Waals surface area (Å²) in [6.45, 7) is 0. The van der Waals surface area contributed by atoms with Gasteiger partial charge in [-0.3, -0.25) is 0 Å². The largest absolute Gasteiger partial charge is 0.472 e. The van der Waals surface area contributed by atoms with E-state index in [1.54, 1.807) is 24.3 Å². The van der Waals surface area contributed by atoms with Gasteiger partial charge in [0.2, 0.25) is 0 Å². The number of furan rings is 1. The highest BCUT2D eigenvalue weighted by molar-refractivity contribution is 6.33. The van der Waals surface area contributed by atoms with Crippen LogP contribution in [0.2, 0.25) is 10.0 Å². The Morgan fingerprint density at radius 2 is 2.06 bits per heavy atom. The van der Waals surface area contributed by atoms with E-state index in [2.05, 4.69) is 0 Å². The van der Waals surface area contributed by atoms with E-state index in [1.807, 2.05) is 0 Å². The lowest BCUT2D eigenvalue weighted by atomic mass is 10.0. The van der Waals surface area contributed by atoms with Gasteiger partial charge in [-0.2, -0.15) is 0 Å². The lowest BCUT2D eigenvalue weighted by Crippen LogP contribution is -2.00. The van der Waals surface area contributed by atoms with Crippen LogP contribution in [0.5, 0.6) is 0 Å². The zero-order chi connectivity index (χ0) is 11.5. The number of rotatable bonds is 3. The van der Waals surface area contributed by atoms with Gasteiger partial charge in [-0.25, -0.2) is 0 Å². The highest BCUT2D eigenvalue weighted by Gasteiger charge is 2.12. The molecule has 1 aromatic carbocycles. The van der Waals surface area contributed by atoms with Gasteiger partial charge >= 0.3 is 0 Å². The Bertz CT molecular complexity index is 466. The minimum Gasteiger partial charge on any atom is -0.472 e. The van der Waals surface area contributed by atoms with Crippen LogP contribution in [-0.2, 0) is 6.42 Å². The van der Waals surface area contributed by atoms with Crippen LogP contribution < -0.4 is 0 Å². The highest BCUT2D eigenvalue weighted by Crippen LogP contribution is 2.26. The molecule has 1 atom stereocenters. The molecule has 0 spiro atoms. The van der Waals surface area contributed by atoms with Crippen LogP contribution in [-0.4, -0.2) is 5.11 Å². The molecule has 0 saturated carbocycles. The Morgan fingerprint density at radius 3 is 2.75 bits per heavy atom. The number of benzene rings is 1. The third kappa shape index (κ3) is 2.59. The molecule has 4 heteroatoms. The number of hydrogen-bond acceptors (Lipinski definition) is 2. The second-order valence-corrected chi connectivity index (χ2v) is 4.36. The zero-order valence-electron chi connectivity index (χ0n) is 8.36. The maximum atomic E-state index is 9.92. The van der Waals surface area contributed by atoms with Crippen molar-refractivity contribution in [3.63, 3.8) is 0 Å². The molecule has 0 fully saturated rings. The van der Waals surface area contributed by atoms with Gasteiger partial charge in [0.25, 0.3) is 0 Å². The Kier molecular flexibility index (Phi) is 3.54. The van der Waals surface area contributed by atoms with E-state index in [0.717, 1.165) is 11.1 Å². The molecule has 0 saturated heterocycles. The Balaban J connectivity index is 2.17. The van der Waals surface area contributed by atoms with E-state index in [0.29, 0.717) is 16.5 Å². The molecule has 0 amide bonds. The first-order chi connectivity index (χ1) is 7.66. The summed E-state index contributed by atoms with van der Waals surface area (Å²) in [7, 11) is 0. The summed E-state index contributed by atoms with van der Waals surface area (Å²) in [4.78, 5) is 0. The average molecular weight is 257 g/mol. The zero-order valence-corrected chi connectivity index (χ0v) is 9.87. The fourth-order valence-electron chi connectivity index (χ4n) is 1.49. The van der Waals surface area contributed by atoms with E-state index in [4.69, 9.17) is 27.6 Å². The Hall–Kier alpha value is -0.960. The SMILES string of the molecule is OC(Cc1cc(Cl)ccc1Cl)c1ccoc1. The van der Waals surface area contributed by atoms with Crippen LogP contribution >= 0.6 is 23.2 Å². The molecule has 16 heavy (non-hydrogen) atoms. The third-order valence-corrected chi connectivity index (χ3v) is 2.95. The summed E-state index contributed by atoms with van der Waals surface area (Å²) in [6, 6.07) is 6.93. The van der Waals surface area contributed by atoms with Gasteiger partial charge in [-0.05, 0) is 29.8 Å². The number of hydrogen-bond donors (Lipinski definition) is 1. The van der Waals surface area contributed by atoms with Gasteiger partial charge in [-0.1, -0.05) is 23.2 Å². The van der Waals surface area contributed by atoms with Crippen molar-refractivity contribution in [2.75, 3.05) is 0 Å². The van der Waals surface area contributed by atoms with Crippen LogP contribution in [0.25, 0.3) is 0 Å². The van der Waals surface area contributed by atoms with Gasteiger partial charge in [0.05, 0.1) is 18.6 Å². The van der Waals surface area contributed by atoms with E-state index >= 15 is 0 Å². The number of aliphatic hydroxyl groups excluding tert-OH is 1. The van der Waals surface area contributed by atoms with E-state index in [1.165, 1.54) is 12.5 Å². The normalized spacial score (nSPS) is 12.7. The molecule has 0 bridgehead atoms. The smallest absolute Gasteiger partial charge is 0.0960 e. The summed E-state index contributed by atoms with van der Waals surface area (Å²) < 4.78 is 4.91. The topological polar surface area (TPSA) is 33.4 Å². The third-order valence-electron chi connectivity index (χ3n) is 2.35. The standard InChI is InChI=1S/C12H10Cl2O2/c13-10-1-2-11(14)9(5-10)6-12(15)8-3-4-16-7-8/h1-5,7,12,15H,6H2. The lowest BCUT2D eigenvalue weighted by molar-refractivity contribution is 0.177. The fourth-order valence-corrected chi connectivity index (χ4v) is 1.88. The highest BCUT2D eigenvalue weighted by atomic mass is 35.5. The minimum atomic E-state index is -0.630. The minimum absolute atomic E-state index is 0.416. The number of halogens is 2. The lowest BCUT2D eigenvalue weighted by Gasteiger charge is -2.10. The number of aliphatic hydroxyl groups is 1. The second-order valence-electron chi connectivity index (χ2n) is 3.51. The molecule has 1 aromatic heterocycles. The van der Waals surface area contributed by atoms with Crippen molar-refractivity contribution in [3.05, 3.63) is 58.0 Å². The fraction of sp³-hybridized carbons (Fsp3) is 0.167. The molecule has 1 heterocycles. The van der Waals surface area contributed by atoms with Crippen LogP contribution in [0.1, 0.15) is 17.2 Å². The molecular weight excluding hydrogens is 247 g/mol. The predicted octanol–water partition coefficient (Wildman–Crippen LogP) is 3.86. The van der Waals surface area contributed by atoms with Crippen molar-refractivity contribution in [1.82, 2.24) is 0 Å². The predicted molar refractivity (Wildman–Crippen MR) is 63.8 cm³/mol. The van der Waals surface area contributed by atoms with Crippen molar-refractivity contribution >= 4 is 23.2 Å². The second kappa shape index (κ2) is 4.91. The van der Waals surface area contributed by atoms with Gasteiger partial charge in [0, 0.05) is 22.0 Å². The molecule has 2 rings (SSSR count). The molecule has 0 aliphatic rings. The molecule has 0 aliphatic carbocycles. The Morgan fingerprint density at radius 1 is 1.25 bits per heavy atom. The van der Waals surface area contributed by atoms with Gasteiger partial charge in [0.15, 0.2) is 0 Å². The molecule has 84 valence electrons. The van der Waals surface area contributed by atoms with Gasteiger partial charge < -0.3 is 9.52 Å². The summed E-state index contributed by atoms with van der Waals surface area (Å²) in [6.07, 6.45) is 2.83. The van der Waals surface area contributed by atoms with Crippen molar-refractivity contribution in [2.24, 2.45) is 0 Å². The molecule has 2 nitrogen and oxygen atoms in total. The van der Waals surface area contributed by atoms with E-state index in [9.17, 15) is 5.11 Å². The van der Waals surface area contributed by atoms with Crippen LogP contribution in [0.15, 0.2) is 41.2 Å². The summed E-state index contributed by atoms with van der Waals surface area (Å²) in [5.74, 6) is 0. The summed E-state index contributed by atoms with van der Waals surface area (Å²) >= 11 is 11.9. The summed E-state index contributed by atoms with van der Waals surface area (Å²) in [5, 5.41) is 11.1. The molecule has 1 N–H and O–H groups in total. The van der Waals surface area contributed by atoms with Crippen molar-refractivity contribution in [3.8, 4) is 0 Å². The van der Waals surface area contributed by atoms with Gasteiger partial charge in [0.1, 0.15) is 0 Å². The molecule has 1 unspecified atom stereocenters. The maximum absolute atomic E-state index is 9.92. The van der Waals surface area contributed by atoms with Crippen LogP contribution in [0, 0.1) is 0 Å². The average Bonchev–Trinajstić information content (AvgIpc) is 2.76. The molecule has 0 radical (unpaired) electrons. The molecule has 2 aromatic rings. The molecular formula is C12H10Cl2O2. The van der Waals surface area contributed by atoms with Gasteiger partial charge in [-0.15, -0.1) is 0 Å². The van der Waals surface area contributed by atoms with Crippen LogP contribution in [0.3, 0.4) is 0 Å². The van der Waals surface area contributed by atoms with Crippen molar-refractivity contribution in [2.45, 2.75) is 12.5 Å². The first-order valence-electron chi connectivity index (χ1n) is 4.81. The van der Waals surface area contributed by atoms with E-state index in [-0.39, 0.29) is 0 Å². The van der Waals surface area contributed by atoms with Crippen LogP contribution in [0.4, 0.5) is 0 Å². The molecule has 0 aliphatic heterocycles. The van der Waals surface area contributed by atoms with Crippen molar-refractivity contribution in [1.29, 1.82) is 0 Å².